The molecule has 0 aromatic heterocycles. The van der Waals surface area contributed by atoms with Gasteiger partial charge >= 0.3 is 0 Å². The maximum Gasteiger partial charge on any atom is 0.244 e. The number of rotatable bonds is 12. The SMILES string of the molecule is COc1ccc(C)cc1N(CC(=O)N(Cc1ccc(C)cc1)C(Cc1ccccc1)C(=O)NC1CCCC1)S(C)(=O)=O. The Morgan fingerprint density at radius 3 is 2.19 bits per heavy atom. The number of hydrogen-bond acceptors (Lipinski definition) is 5. The number of nitrogens with one attached hydrogen (secondary N) is 1. The van der Waals surface area contributed by atoms with Gasteiger partial charge < -0.3 is 15.0 Å². The summed E-state index contributed by atoms with van der Waals surface area (Å²) in [6.45, 7) is 3.50. The van der Waals surface area contributed by atoms with Crippen molar-refractivity contribution in [2.45, 2.75) is 64.6 Å². The van der Waals surface area contributed by atoms with Crippen molar-refractivity contribution in [2.24, 2.45) is 0 Å². The number of carbonyl (C=O) groups excluding carboxylic acids is 2. The molecule has 1 saturated carbocycles. The molecule has 0 spiro atoms. The Morgan fingerprint density at radius 2 is 1.57 bits per heavy atom. The molecule has 2 amide bonds. The summed E-state index contributed by atoms with van der Waals surface area (Å²) >= 11 is 0. The molecule has 0 aliphatic heterocycles. The maximum atomic E-state index is 14.3. The highest BCUT2D eigenvalue weighted by molar-refractivity contribution is 7.92. The Balaban J connectivity index is 1.75. The summed E-state index contributed by atoms with van der Waals surface area (Å²) in [6, 6.07) is 21.8. The third-order valence-electron chi connectivity index (χ3n) is 7.73. The van der Waals surface area contributed by atoms with Crippen molar-refractivity contribution in [1.29, 1.82) is 0 Å². The monoisotopic (exact) mass is 591 g/mol. The number of benzene rings is 3. The van der Waals surface area contributed by atoms with Crippen molar-refractivity contribution < 1.29 is 22.7 Å². The second-order valence-electron chi connectivity index (χ2n) is 11.1. The van der Waals surface area contributed by atoms with E-state index in [1.165, 1.54) is 12.0 Å². The molecule has 0 radical (unpaired) electrons. The van der Waals surface area contributed by atoms with Gasteiger partial charge in [0, 0.05) is 19.0 Å². The molecule has 0 saturated heterocycles. The van der Waals surface area contributed by atoms with E-state index in [0.717, 1.165) is 58.5 Å². The lowest BCUT2D eigenvalue weighted by Crippen LogP contribution is -2.54. The van der Waals surface area contributed by atoms with Crippen LogP contribution in [0.2, 0.25) is 0 Å². The highest BCUT2D eigenvalue weighted by Crippen LogP contribution is 2.31. The first-order chi connectivity index (χ1) is 20.0. The summed E-state index contributed by atoms with van der Waals surface area (Å²) in [5, 5.41) is 3.19. The number of sulfonamides is 1. The summed E-state index contributed by atoms with van der Waals surface area (Å²) in [7, 11) is -2.43. The van der Waals surface area contributed by atoms with Crippen molar-refractivity contribution >= 4 is 27.5 Å². The standard InChI is InChI=1S/C33H41N3O5S/c1-24-14-17-27(18-15-24)22-35(30(21-26-10-6-5-7-11-26)33(38)34-28-12-8-9-13-28)32(37)23-36(42(4,39)40)29-20-25(2)16-19-31(29)41-3/h5-7,10-11,14-20,28,30H,8-9,12-13,21-23H2,1-4H3,(H,34,38). The van der Waals surface area contributed by atoms with Gasteiger partial charge in [0.2, 0.25) is 21.8 Å². The van der Waals surface area contributed by atoms with Crippen LogP contribution in [-0.4, -0.2) is 57.1 Å². The molecule has 1 N–H and O–H groups in total. The number of aryl methyl sites for hydroxylation is 2. The van der Waals surface area contributed by atoms with E-state index in [1.54, 1.807) is 12.1 Å². The Labute approximate surface area is 249 Å². The van der Waals surface area contributed by atoms with Crippen LogP contribution >= 0.6 is 0 Å². The first-order valence-electron chi connectivity index (χ1n) is 14.4. The smallest absolute Gasteiger partial charge is 0.244 e. The van der Waals surface area contributed by atoms with Crippen LogP contribution < -0.4 is 14.4 Å². The van der Waals surface area contributed by atoms with E-state index in [0.29, 0.717) is 12.2 Å². The van der Waals surface area contributed by atoms with Crippen LogP contribution in [-0.2, 0) is 32.6 Å². The van der Waals surface area contributed by atoms with Crippen LogP contribution in [0.1, 0.15) is 47.9 Å². The summed E-state index contributed by atoms with van der Waals surface area (Å²) in [4.78, 5) is 29.8. The maximum absolute atomic E-state index is 14.3. The summed E-state index contributed by atoms with van der Waals surface area (Å²) in [5.41, 5.74) is 3.93. The van der Waals surface area contributed by atoms with Gasteiger partial charge in [-0.05, 0) is 55.5 Å². The van der Waals surface area contributed by atoms with Gasteiger partial charge in [0.05, 0.1) is 19.1 Å². The molecule has 1 unspecified atom stereocenters. The molecule has 0 heterocycles. The van der Waals surface area contributed by atoms with E-state index >= 15 is 0 Å². The van der Waals surface area contributed by atoms with Crippen LogP contribution in [0.3, 0.4) is 0 Å². The Morgan fingerprint density at radius 1 is 0.929 bits per heavy atom. The van der Waals surface area contributed by atoms with Crippen molar-refractivity contribution in [3.63, 3.8) is 0 Å². The highest BCUT2D eigenvalue weighted by Gasteiger charge is 2.34. The largest absolute Gasteiger partial charge is 0.495 e. The molecule has 4 rings (SSSR count). The van der Waals surface area contributed by atoms with Gasteiger partial charge in [0.15, 0.2) is 0 Å². The zero-order valence-corrected chi connectivity index (χ0v) is 25.7. The molecule has 9 heteroatoms. The summed E-state index contributed by atoms with van der Waals surface area (Å²) < 4.78 is 32.8. The minimum absolute atomic E-state index is 0.0659. The molecular formula is C33H41N3O5S. The van der Waals surface area contributed by atoms with Crippen molar-refractivity contribution in [3.05, 3.63) is 95.1 Å². The lowest BCUT2D eigenvalue weighted by molar-refractivity contribution is -0.140. The summed E-state index contributed by atoms with van der Waals surface area (Å²) in [6.07, 6.45) is 5.30. The van der Waals surface area contributed by atoms with Gasteiger partial charge in [-0.15, -0.1) is 0 Å². The third kappa shape index (κ3) is 8.12. The minimum Gasteiger partial charge on any atom is -0.495 e. The van der Waals surface area contributed by atoms with E-state index in [4.69, 9.17) is 4.74 Å². The molecule has 8 nitrogen and oxygen atoms in total. The zero-order valence-electron chi connectivity index (χ0n) is 24.9. The normalized spacial score (nSPS) is 14.3. The molecule has 1 aliphatic rings. The van der Waals surface area contributed by atoms with Gasteiger partial charge in [-0.1, -0.05) is 79.1 Å². The van der Waals surface area contributed by atoms with E-state index in [1.807, 2.05) is 74.5 Å². The second kappa shape index (κ2) is 13.9. The fourth-order valence-corrected chi connectivity index (χ4v) is 6.25. The van der Waals surface area contributed by atoms with Crippen molar-refractivity contribution in [1.82, 2.24) is 10.2 Å². The molecule has 3 aromatic carbocycles. The van der Waals surface area contributed by atoms with Crippen LogP contribution in [0, 0.1) is 13.8 Å². The zero-order chi connectivity index (χ0) is 30.3. The second-order valence-corrected chi connectivity index (χ2v) is 13.1. The number of hydrogen-bond donors (Lipinski definition) is 1. The number of carbonyl (C=O) groups is 2. The Bertz CT molecular complexity index is 1470. The first kappa shape index (κ1) is 31.1. The average Bonchev–Trinajstić information content (AvgIpc) is 3.47. The van der Waals surface area contributed by atoms with Crippen molar-refractivity contribution in [2.75, 3.05) is 24.2 Å². The van der Waals surface area contributed by atoms with E-state index in [9.17, 15) is 18.0 Å². The van der Waals surface area contributed by atoms with Crippen LogP contribution in [0.5, 0.6) is 5.75 Å². The van der Waals surface area contributed by atoms with Gasteiger partial charge in [-0.3, -0.25) is 13.9 Å². The highest BCUT2D eigenvalue weighted by atomic mass is 32.2. The Kier molecular flexibility index (Phi) is 10.3. The molecule has 0 bridgehead atoms. The van der Waals surface area contributed by atoms with Gasteiger partial charge in [-0.25, -0.2) is 8.42 Å². The molecule has 42 heavy (non-hydrogen) atoms. The molecule has 1 atom stereocenters. The van der Waals surface area contributed by atoms with Crippen molar-refractivity contribution in [3.8, 4) is 5.75 Å². The van der Waals surface area contributed by atoms with Gasteiger partial charge in [-0.2, -0.15) is 0 Å². The van der Waals surface area contributed by atoms with Crippen LogP contribution in [0.15, 0.2) is 72.8 Å². The number of anilines is 1. The predicted molar refractivity (Wildman–Crippen MR) is 166 cm³/mol. The van der Waals surface area contributed by atoms with Gasteiger partial charge in [0.1, 0.15) is 18.3 Å². The Hall–Kier alpha value is -3.85. The quantitative estimate of drug-likeness (QED) is 0.327. The number of nitrogens with zero attached hydrogens (tertiary/aromatic N) is 2. The number of ether oxygens (including phenoxy) is 1. The molecule has 224 valence electrons. The van der Waals surface area contributed by atoms with E-state index in [2.05, 4.69) is 5.32 Å². The molecule has 1 aliphatic carbocycles. The number of amides is 2. The molecule has 3 aromatic rings. The first-order valence-corrected chi connectivity index (χ1v) is 16.2. The average molecular weight is 592 g/mol. The van der Waals surface area contributed by atoms with Crippen LogP contribution in [0.4, 0.5) is 5.69 Å². The lowest BCUT2D eigenvalue weighted by atomic mass is 10.0. The molecule has 1 fully saturated rings. The van der Waals surface area contributed by atoms with E-state index in [-0.39, 0.29) is 24.2 Å². The summed E-state index contributed by atoms with van der Waals surface area (Å²) in [5.74, 6) is -0.374. The fraction of sp³-hybridized carbons (Fsp3) is 0.394. The van der Waals surface area contributed by atoms with E-state index < -0.39 is 28.5 Å². The topological polar surface area (TPSA) is 96.0 Å². The third-order valence-corrected chi connectivity index (χ3v) is 8.85. The molecular weight excluding hydrogens is 550 g/mol. The predicted octanol–water partition coefficient (Wildman–Crippen LogP) is 4.78. The van der Waals surface area contributed by atoms with Gasteiger partial charge in [0.25, 0.3) is 0 Å². The fourth-order valence-electron chi connectivity index (χ4n) is 5.40. The number of methoxy groups -OCH3 is 1. The lowest BCUT2D eigenvalue weighted by Gasteiger charge is -2.34. The minimum atomic E-state index is -3.89. The van der Waals surface area contributed by atoms with Crippen LogP contribution in [0.25, 0.3) is 0 Å².